The molecule has 0 radical (unpaired) electrons. The van der Waals surface area contributed by atoms with Crippen molar-refractivity contribution in [1.29, 1.82) is 0 Å². The molecule has 0 unspecified atom stereocenters. The Bertz CT molecular complexity index is 648. The van der Waals surface area contributed by atoms with E-state index in [9.17, 15) is 18.7 Å². The van der Waals surface area contributed by atoms with Crippen LogP contribution in [-0.2, 0) is 16.9 Å². The molecule has 8 heteroatoms. The van der Waals surface area contributed by atoms with Crippen LogP contribution in [0.3, 0.4) is 0 Å². The molecule has 0 saturated heterocycles. The van der Waals surface area contributed by atoms with Gasteiger partial charge in [-0.3, -0.25) is 4.79 Å². The maximum Gasteiger partial charge on any atom is 0.223 e. The van der Waals surface area contributed by atoms with E-state index in [0.29, 0.717) is 0 Å². The lowest BCUT2D eigenvalue weighted by atomic mass is 9.81. The topological polar surface area (TPSA) is 94.0 Å². The summed E-state index contributed by atoms with van der Waals surface area (Å²) in [6.07, 6.45) is 2.51. The van der Waals surface area contributed by atoms with Crippen molar-refractivity contribution in [2.75, 3.05) is 0 Å². The predicted octanol–water partition coefficient (Wildman–Crippen LogP) is 0.565. The van der Waals surface area contributed by atoms with Crippen LogP contribution in [0.1, 0.15) is 12.5 Å². The van der Waals surface area contributed by atoms with Gasteiger partial charge in [-0.25, -0.2) is 18.4 Å². The lowest BCUT2D eigenvalue weighted by molar-refractivity contribution is -0.133. The zero-order valence-electron chi connectivity index (χ0n) is 11.2. The molecule has 1 heterocycles. The number of nitrogens with zero attached hydrogens (tertiary/aromatic N) is 3. The monoisotopic (exact) mass is 296 g/mol. The Morgan fingerprint density at radius 3 is 2.81 bits per heavy atom. The fourth-order valence-electron chi connectivity index (χ4n) is 2.08. The first-order chi connectivity index (χ1) is 9.84. The SMILES string of the molecule is C[C@@H](C(N)=O)[C@](O)(Cn1cncn1)c1cc(F)ccc1F. The van der Waals surface area contributed by atoms with Crippen LogP contribution < -0.4 is 5.73 Å². The van der Waals surface area contributed by atoms with Gasteiger partial charge in [0.05, 0.1) is 12.5 Å². The molecule has 1 aromatic carbocycles. The van der Waals surface area contributed by atoms with Gasteiger partial charge in [0.1, 0.15) is 29.9 Å². The van der Waals surface area contributed by atoms with Gasteiger partial charge in [0.15, 0.2) is 0 Å². The van der Waals surface area contributed by atoms with E-state index in [1.54, 1.807) is 0 Å². The highest BCUT2D eigenvalue weighted by molar-refractivity contribution is 5.77. The molecule has 0 spiro atoms. The summed E-state index contributed by atoms with van der Waals surface area (Å²) in [5.41, 5.74) is 2.81. The van der Waals surface area contributed by atoms with Crippen LogP contribution in [0.25, 0.3) is 0 Å². The number of carbonyl (C=O) groups excluding carboxylic acids is 1. The van der Waals surface area contributed by atoms with E-state index in [4.69, 9.17) is 5.73 Å². The number of benzene rings is 1. The molecule has 112 valence electrons. The van der Waals surface area contributed by atoms with Crippen molar-refractivity contribution in [3.8, 4) is 0 Å². The first-order valence-electron chi connectivity index (χ1n) is 6.14. The number of amides is 1. The van der Waals surface area contributed by atoms with Crippen molar-refractivity contribution in [3.05, 3.63) is 48.1 Å². The highest BCUT2D eigenvalue weighted by atomic mass is 19.1. The van der Waals surface area contributed by atoms with Gasteiger partial charge < -0.3 is 10.8 Å². The third-order valence-corrected chi connectivity index (χ3v) is 3.41. The number of aromatic nitrogens is 3. The predicted molar refractivity (Wildman–Crippen MR) is 68.6 cm³/mol. The smallest absolute Gasteiger partial charge is 0.223 e. The minimum absolute atomic E-state index is 0.294. The quantitative estimate of drug-likeness (QED) is 0.843. The van der Waals surface area contributed by atoms with Crippen molar-refractivity contribution < 1.29 is 18.7 Å². The number of rotatable bonds is 5. The molecule has 2 aromatic rings. The van der Waals surface area contributed by atoms with Crippen molar-refractivity contribution in [1.82, 2.24) is 14.8 Å². The molecule has 3 N–H and O–H groups in total. The van der Waals surface area contributed by atoms with E-state index in [1.807, 2.05) is 0 Å². The van der Waals surface area contributed by atoms with E-state index in [1.165, 1.54) is 24.3 Å². The van der Waals surface area contributed by atoms with E-state index in [0.717, 1.165) is 18.2 Å². The summed E-state index contributed by atoms with van der Waals surface area (Å²) < 4.78 is 28.6. The third-order valence-electron chi connectivity index (χ3n) is 3.41. The second-order valence-electron chi connectivity index (χ2n) is 4.77. The summed E-state index contributed by atoms with van der Waals surface area (Å²) in [7, 11) is 0. The molecule has 0 aliphatic heterocycles. The summed E-state index contributed by atoms with van der Waals surface area (Å²) >= 11 is 0. The summed E-state index contributed by atoms with van der Waals surface area (Å²) in [6.45, 7) is 1.04. The normalized spacial score (nSPS) is 15.4. The van der Waals surface area contributed by atoms with Gasteiger partial charge in [0.25, 0.3) is 0 Å². The van der Waals surface area contributed by atoms with E-state index >= 15 is 0 Å². The van der Waals surface area contributed by atoms with Crippen LogP contribution in [0.2, 0.25) is 0 Å². The average Bonchev–Trinajstić information content (AvgIpc) is 2.93. The van der Waals surface area contributed by atoms with Gasteiger partial charge in [0, 0.05) is 5.56 Å². The number of hydrogen-bond acceptors (Lipinski definition) is 4. The number of primary amides is 1. The van der Waals surface area contributed by atoms with Gasteiger partial charge in [0.2, 0.25) is 5.91 Å². The van der Waals surface area contributed by atoms with Crippen molar-refractivity contribution >= 4 is 5.91 Å². The molecule has 2 atom stereocenters. The second kappa shape index (κ2) is 5.57. The molecule has 6 nitrogen and oxygen atoms in total. The van der Waals surface area contributed by atoms with Crippen LogP contribution in [0, 0.1) is 17.6 Å². The van der Waals surface area contributed by atoms with Gasteiger partial charge in [-0.2, -0.15) is 5.10 Å². The Morgan fingerprint density at radius 1 is 1.52 bits per heavy atom. The molecule has 0 bridgehead atoms. The summed E-state index contributed by atoms with van der Waals surface area (Å²) in [4.78, 5) is 15.1. The lowest BCUT2D eigenvalue weighted by Gasteiger charge is -2.33. The number of halogens is 2. The molecule has 0 saturated carbocycles. The Labute approximate surface area is 119 Å². The number of hydrogen-bond donors (Lipinski definition) is 2. The van der Waals surface area contributed by atoms with Crippen LogP contribution >= 0.6 is 0 Å². The first kappa shape index (κ1) is 15.0. The number of nitrogens with two attached hydrogens (primary N) is 1. The van der Waals surface area contributed by atoms with E-state index in [-0.39, 0.29) is 12.1 Å². The largest absolute Gasteiger partial charge is 0.382 e. The minimum Gasteiger partial charge on any atom is -0.382 e. The molecule has 21 heavy (non-hydrogen) atoms. The Hall–Kier alpha value is -2.35. The first-order valence-corrected chi connectivity index (χ1v) is 6.14. The number of aliphatic hydroxyl groups is 1. The molecule has 0 aliphatic rings. The zero-order valence-corrected chi connectivity index (χ0v) is 11.2. The van der Waals surface area contributed by atoms with Gasteiger partial charge in [-0.1, -0.05) is 6.92 Å². The Kier molecular flexibility index (Phi) is 3.99. The highest BCUT2D eigenvalue weighted by Crippen LogP contribution is 2.33. The van der Waals surface area contributed by atoms with Gasteiger partial charge in [-0.05, 0) is 18.2 Å². The van der Waals surface area contributed by atoms with Crippen LogP contribution in [0.15, 0.2) is 30.9 Å². The molecular weight excluding hydrogens is 282 g/mol. The second-order valence-corrected chi connectivity index (χ2v) is 4.77. The molecular formula is C13H14F2N4O2. The van der Waals surface area contributed by atoms with Crippen LogP contribution in [-0.4, -0.2) is 25.8 Å². The third kappa shape index (κ3) is 2.89. The summed E-state index contributed by atoms with van der Waals surface area (Å²) in [5.74, 6) is -3.59. The Morgan fingerprint density at radius 2 is 2.24 bits per heavy atom. The van der Waals surface area contributed by atoms with Gasteiger partial charge in [-0.15, -0.1) is 0 Å². The highest BCUT2D eigenvalue weighted by Gasteiger charge is 2.42. The fraction of sp³-hybridized carbons (Fsp3) is 0.308. The van der Waals surface area contributed by atoms with Crippen molar-refractivity contribution in [3.63, 3.8) is 0 Å². The zero-order chi connectivity index (χ0) is 15.6. The number of carbonyl (C=O) groups is 1. The lowest BCUT2D eigenvalue weighted by Crippen LogP contribution is -2.45. The molecule has 0 aliphatic carbocycles. The molecule has 2 rings (SSSR count). The average molecular weight is 296 g/mol. The van der Waals surface area contributed by atoms with Crippen molar-refractivity contribution in [2.24, 2.45) is 11.7 Å². The van der Waals surface area contributed by atoms with Gasteiger partial charge >= 0.3 is 0 Å². The maximum atomic E-state index is 14.0. The molecule has 0 fully saturated rings. The molecule has 1 amide bonds. The summed E-state index contributed by atoms with van der Waals surface area (Å²) in [5, 5.41) is 14.6. The summed E-state index contributed by atoms with van der Waals surface area (Å²) in [6, 6.07) is 2.64. The minimum atomic E-state index is -2.05. The van der Waals surface area contributed by atoms with Crippen LogP contribution in [0.5, 0.6) is 0 Å². The van der Waals surface area contributed by atoms with Crippen LogP contribution in [0.4, 0.5) is 8.78 Å². The Balaban J connectivity index is 2.54. The maximum absolute atomic E-state index is 14.0. The van der Waals surface area contributed by atoms with E-state index in [2.05, 4.69) is 10.1 Å². The van der Waals surface area contributed by atoms with E-state index < -0.39 is 29.1 Å². The van der Waals surface area contributed by atoms with Crippen molar-refractivity contribution in [2.45, 2.75) is 19.1 Å². The molecule has 1 aromatic heterocycles. The fourth-order valence-corrected chi connectivity index (χ4v) is 2.08. The standard InChI is InChI=1S/C13H14F2N4O2/c1-8(12(16)20)13(21,5-19-7-17-6-18-19)10-4-9(14)2-3-11(10)15/h2-4,6-8,21H,5H2,1H3,(H2,16,20)/t8-,13+/m0/s1.